The van der Waals surface area contributed by atoms with Gasteiger partial charge in [-0.05, 0) is 29.8 Å². The van der Waals surface area contributed by atoms with Crippen molar-refractivity contribution in [2.24, 2.45) is 0 Å². The Morgan fingerprint density at radius 2 is 1.79 bits per heavy atom. The molecule has 0 bridgehead atoms. The Balaban J connectivity index is 1.25. The van der Waals surface area contributed by atoms with E-state index < -0.39 is 11.6 Å². The quantitative estimate of drug-likeness (QED) is 0.227. The maximum Gasteiger partial charge on any atom is 0.228 e. The summed E-state index contributed by atoms with van der Waals surface area (Å²) in [5.74, 6) is -0.877. The molecule has 7 aromatic rings. The molecule has 0 atom stereocenters. The predicted octanol–water partition coefficient (Wildman–Crippen LogP) is 6.08. The number of aromatic amines is 2. The Morgan fingerprint density at radius 1 is 0.905 bits per heavy atom. The molecule has 0 aliphatic heterocycles. The number of fused-ring (bicyclic) bond motifs is 2. The van der Waals surface area contributed by atoms with Crippen molar-refractivity contribution in [3.05, 3.63) is 109 Å². The number of halogens is 2. The summed E-state index contributed by atoms with van der Waals surface area (Å²) < 4.78 is 30.1. The van der Waals surface area contributed by atoms with Gasteiger partial charge in [-0.15, -0.1) is 0 Å². The SMILES string of the molecule is O=C(Cc1ccccc1)Nc1cncc(-c2cnc3n[nH]c(-c4nc5c(-c6cccc(F)c6)nccc5[nH]4)c3c2F)c1. The molecule has 2 aromatic carbocycles. The van der Waals surface area contributed by atoms with E-state index in [1.54, 1.807) is 30.5 Å². The Morgan fingerprint density at radius 3 is 2.64 bits per heavy atom. The first-order valence-corrected chi connectivity index (χ1v) is 13.0. The molecule has 0 radical (unpaired) electrons. The molecule has 0 saturated carbocycles. The third kappa shape index (κ3) is 4.62. The Bertz CT molecular complexity index is 2110. The minimum Gasteiger partial charge on any atom is -0.337 e. The van der Waals surface area contributed by atoms with E-state index in [0.29, 0.717) is 45.1 Å². The highest BCUT2D eigenvalue weighted by Gasteiger charge is 2.21. The Labute approximate surface area is 236 Å². The molecule has 0 aliphatic carbocycles. The predicted molar refractivity (Wildman–Crippen MR) is 154 cm³/mol. The number of H-pyrrole nitrogens is 2. The number of rotatable bonds is 6. The summed E-state index contributed by atoms with van der Waals surface area (Å²) in [6.45, 7) is 0. The standard InChI is InChI=1S/C31H20F2N8O/c32-20-8-4-7-18(12-20)27-28-23(9-10-35-27)38-31(39-28)29-25-26(33)22(16-36-30(25)41-40-29)19-13-21(15-34-14-19)37-24(42)11-17-5-2-1-3-6-17/h1-10,12-16H,11H2,(H,37,42)(H,38,39)(H,36,40,41). The minimum absolute atomic E-state index is 0.130. The molecule has 1 amide bonds. The number of nitrogens with one attached hydrogen (secondary N) is 3. The lowest BCUT2D eigenvalue weighted by atomic mass is 10.1. The van der Waals surface area contributed by atoms with Gasteiger partial charge in [0.05, 0.1) is 34.9 Å². The molecule has 0 saturated heterocycles. The number of hydrogen-bond donors (Lipinski definition) is 3. The van der Waals surface area contributed by atoms with Crippen molar-refractivity contribution in [1.82, 2.24) is 35.1 Å². The van der Waals surface area contributed by atoms with Gasteiger partial charge in [0.15, 0.2) is 11.5 Å². The first-order valence-electron chi connectivity index (χ1n) is 13.0. The number of carbonyl (C=O) groups is 1. The van der Waals surface area contributed by atoms with Gasteiger partial charge in [-0.25, -0.2) is 18.7 Å². The monoisotopic (exact) mass is 558 g/mol. The highest BCUT2D eigenvalue weighted by molar-refractivity contribution is 5.97. The van der Waals surface area contributed by atoms with Crippen molar-refractivity contribution in [1.29, 1.82) is 0 Å². The van der Waals surface area contributed by atoms with E-state index in [4.69, 9.17) is 0 Å². The van der Waals surface area contributed by atoms with Crippen molar-refractivity contribution in [3.63, 3.8) is 0 Å². The summed E-state index contributed by atoms with van der Waals surface area (Å²) in [5.41, 5.74) is 4.52. The van der Waals surface area contributed by atoms with Crippen LogP contribution in [0.4, 0.5) is 14.5 Å². The van der Waals surface area contributed by atoms with Crippen LogP contribution in [0, 0.1) is 11.6 Å². The van der Waals surface area contributed by atoms with Gasteiger partial charge in [-0.2, -0.15) is 5.10 Å². The highest BCUT2D eigenvalue weighted by Crippen LogP contribution is 2.34. The maximum absolute atomic E-state index is 16.1. The lowest BCUT2D eigenvalue weighted by molar-refractivity contribution is -0.115. The summed E-state index contributed by atoms with van der Waals surface area (Å²) in [6, 6.07) is 18.8. The van der Waals surface area contributed by atoms with Gasteiger partial charge < -0.3 is 10.3 Å². The zero-order valence-corrected chi connectivity index (χ0v) is 21.8. The molecule has 3 N–H and O–H groups in total. The van der Waals surface area contributed by atoms with Crippen molar-refractivity contribution >= 4 is 33.7 Å². The van der Waals surface area contributed by atoms with Crippen LogP contribution in [0.15, 0.2) is 91.5 Å². The number of anilines is 1. The largest absolute Gasteiger partial charge is 0.337 e. The molecular formula is C31H20F2N8O. The van der Waals surface area contributed by atoms with Gasteiger partial charge in [0.2, 0.25) is 5.91 Å². The van der Waals surface area contributed by atoms with Crippen LogP contribution >= 0.6 is 0 Å². The number of imidazole rings is 1. The second kappa shape index (κ2) is 10.3. The number of nitrogens with zero attached hydrogens (tertiary/aromatic N) is 5. The van der Waals surface area contributed by atoms with Gasteiger partial charge in [0.25, 0.3) is 0 Å². The lowest BCUT2D eigenvalue weighted by Crippen LogP contribution is -2.14. The van der Waals surface area contributed by atoms with Crippen LogP contribution in [-0.2, 0) is 11.2 Å². The van der Waals surface area contributed by atoms with Crippen LogP contribution < -0.4 is 5.32 Å². The van der Waals surface area contributed by atoms with E-state index in [1.807, 2.05) is 30.3 Å². The third-order valence-electron chi connectivity index (χ3n) is 6.80. The summed E-state index contributed by atoms with van der Waals surface area (Å²) in [4.78, 5) is 33.4. The topological polar surface area (TPSA) is 125 Å². The van der Waals surface area contributed by atoms with Gasteiger partial charge >= 0.3 is 0 Å². The fourth-order valence-corrected chi connectivity index (χ4v) is 4.87. The first kappa shape index (κ1) is 25.1. The molecule has 11 heteroatoms. The molecule has 204 valence electrons. The van der Waals surface area contributed by atoms with Crippen LogP contribution in [-0.4, -0.2) is 41.0 Å². The average Bonchev–Trinajstić information content (AvgIpc) is 3.63. The first-order chi connectivity index (χ1) is 20.5. The van der Waals surface area contributed by atoms with E-state index in [1.165, 1.54) is 30.7 Å². The lowest BCUT2D eigenvalue weighted by Gasteiger charge is -2.08. The molecule has 5 heterocycles. The maximum atomic E-state index is 16.1. The van der Waals surface area contributed by atoms with E-state index in [9.17, 15) is 9.18 Å². The zero-order chi connectivity index (χ0) is 28.6. The highest BCUT2D eigenvalue weighted by atomic mass is 19.1. The zero-order valence-electron chi connectivity index (χ0n) is 21.8. The number of carbonyl (C=O) groups excluding carboxylic acids is 1. The Kier molecular flexibility index (Phi) is 6.16. The van der Waals surface area contributed by atoms with Gasteiger partial charge in [0, 0.05) is 35.3 Å². The van der Waals surface area contributed by atoms with E-state index in [0.717, 1.165) is 5.56 Å². The van der Waals surface area contributed by atoms with Crippen LogP contribution in [0.3, 0.4) is 0 Å². The van der Waals surface area contributed by atoms with Crippen LogP contribution in [0.1, 0.15) is 5.56 Å². The molecule has 0 unspecified atom stereocenters. The molecule has 5 aromatic heterocycles. The molecular weight excluding hydrogens is 538 g/mol. The fourth-order valence-electron chi connectivity index (χ4n) is 4.87. The summed E-state index contributed by atoms with van der Waals surface area (Å²) in [6.07, 6.45) is 6.15. The molecule has 0 fully saturated rings. The number of hydrogen-bond acceptors (Lipinski definition) is 6. The van der Waals surface area contributed by atoms with Gasteiger partial charge in [-0.1, -0.05) is 42.5 Å². The van der Waals surface area contributed by atoms with Crippen molar-refractivity contribution in [2.45, 2.75) is 6.42 Å². The smallest absolute Gasteiger partial charge is 0.228 e. The fraction of sp³-hybridized carbons (Fsp3) is 0.0323. The molecule has 0 aliphatic rings. The summed E-state index contributed by atoms with van der Waals surface area (Å²) in [7, 11) is 0. The number of benzene rings is 2. The van der Waals surface area contributed by atoms with Crippen molar-refractivity contribution in [3.8, 4) is 33.9 Å². The number of pyridine rings is 3. The molecule has 7 rings (SSSR count). The van der Waals surface area contributed by atoms with Crippen LogP contribution in [0.5, 0.6) is 0 Å². The van der Waals surface area contributed by atoms with Crippen LogP contribution in [0.2, 0.25) is 0 Å². The molecule has 0 spiro atoms. The number of aromatic nitrogens is 7. The second-order valence-corrected chi connectivity index (χ2v) is 9.61. The van der Waals surface area contributed by atoms with E-state index in [-0.39, 0.29) is 28.9 Å². The molecule has 42 heavy (non-hydrogen) atoms. The Hall–Kier alpha value is -5.84. The van der Waals surface area contributed by atoms with Crippen molar-refractivity contribution in [2.75, 3.05) is 5.32 Å². The summed E-state index contributed by atoms with van der Waals surface area (Å²) >= 11 is 0. The van der Waals surface area contributed by atoms with E-state index >= 15 is 4.39 Å². The number of amides is 1. The van der Waals surface area contributed by atoms with Gasteiger partial charge in [0.1, 0.15) is 22.8 Å². The molecule has 9 nitrogen and oxygen atoms in total. The normalized spacial score (nSPS) is 11.3. The second-order valence-electron chi connectivity index (χ2n) is 9.61. The summed E-state index contributed by atoms with van der Waals surface area (Å²) in [5, 5.41) is 9.97. The average molecular weight is 559 g/mol. The van der Waals surface area contributed by atoms with Crippen LogP contribution in [0.25, 0.3) is 56.0 Å². The van der Waals surface area contributed by atoms with Crippen molar-refractivity contribution < 1.29 is 13.6 Å². The van der Waals surface area contributed by atoms with E-state index in [2.05, 4.69) is 40.4 Å². The minimum atomic E-state index is -0.581. The van der Waals surface area contributed by atoms with Gasteiger partial charge in [-0.3, -0.25) is 19.9 Å². The third-order valence-corrected chi connectivity index (χ3v) is 6.80.